The highest BCUT2D eigenvalue weighted by molar-refractivity contribution is 7.99. The van der Waals surface area contributed by atoms with Gasteiger partial charge in [-0.25, -0.2) is 4.79 Å². The fourth-order valence-electron chi connectivity index (χ4n) is 3.06. The SMILES string of the molecule is C[C@@H]1C[C@@H](C)CCN(C(=O)Nc2ccccc2SCCC(N)=O)C1. The molecule has 0 aromatic heterocycles. The number of hydrogen-bond donors (Lipinski definition) is 2. The molecule has 0 bridgehead atoms. The average Bonchev–Trinajstić information content (AvgIpc) is 2.69. The van der Waals surface area contributed by atoms with Gasteiger partial charge in [0.2, 0.25) is 5.91 Å². The number of nitrogens with one attached hydrogen (secondary N) is 1. The molecule has 0 spiro atoms. The van der Waals surface area contributed by atoms with Crippen LogP contribution in [0.1, 0.15) is 33.1 Å². The van der Waals surface area contributed by atoms with Crippen molar-refractivity contribution >= 4 is 29.4 Å². The van der Waals surface area contributed by atoms with Crippen LogP contribution in [0.4, 0.5) is 10.5 Å². The maximum absolute atomic E-state index is 12.6. The summed E-state index contributed by atoms with van der Waals surface area (Å²) in [4.78, 5) is 26.4. The smallest absolute Gasteiger partial charge is 0.321 e. The van der Waals surface area contributed by atoms with E-state index in [1.807, 2.05) is 29.2 Å². The lowest BCUT2D eigenvalue weighted by atomic mass is 9.97. The second kappa shape index (κ2) is 8.97. The average molecular weight is 350 g/mol. The van der Waals surface area contributed by atoms with Crippen LogP contribution >= 0.6 is 11.8 Å². The minimum absolute atomic E-state index is 0.0427. The molecule has 1 saturated heterocycles. The molecule has 132 valence electrons. The van der Waals surface area contributed by atoms with E-state index in [0.717, 1.165) is 30.1 Å². The van der Waals surface area contributed by atoms with E-state index in [-0.39, 0.29) is 11.9 Å². The highest BCUT2D eigenvalue weighted by atomic mass is 32.2. The predicted molar refractivity (Wildman–Crippen MR) is 99.1 cm³/mol. The van der Waals surface area contributed by atoms with Crippen molar-refractivity contribution < 1.29 is 9.59 Å². The van der Waals surface area contributed by atoms with E-state index in [1.165, 1.54) is 18.2 Å². The van der Waals surface area contributed by atoms with Crippen molar-refractivity contribution in [3.05, 3.63) is 24.3 Å². The molecule has 0 aliphatic carbocycles. The van der Waals surface area contributed by atoms with Crippen LogP contribution in [-0.4, -0.2) is 35.7 Å². The first-order valence-corrected chi connectivity index (χ1v) is 9.50. The molecule has 2 atom stereocenters. The second-order valence-corrected chi connectivity index (χ2v) is 7.81. The number of likely N-dealkylation sites (tertiary alicyclic amines) is 1. The number of primary amides is 1. The molecule has 1 aromatic rings. The Balaban J connectivity index is 1.99. The standard InChI is InChI=1S/C18H27N3O2S/c1-13-7-9-21(12-14(2)11-13)18(23)20-15-5-3-4-6-16(15)24-10-8-17(19)22/h3-6,13-14H,7-12H2,1-2H3,(H2,19,22)(H,20,23)/t13-,14+/m0/s1. The predicted octanol–water partition coefficient (Wildman–Crippen LogP) is 3.55. The molecule has 1 fully saturated rings. The van der Waals surface area contributed by atoms with Gasteiger partial charge in [0.05, 0.1) is 5.69 Å². The Hall–Kier alpha value is -1.69. The number of nitrogens with zero attached hydrogens (tertiary/aromatic N) is 1. The fraction of sp³-hybridized carbons (Fsp3) is 0.556. The first kappa shape index (κ1) is 18.6. The Kier molecular flexibility index (Phi) is 6.97. The van der Waals surface area contributed by atoms with Crippen LogP contribution in [0, 0.1) is 11.8 Å². The van der Waals surface area contributed by atoms with Crippen LogP contribution in [0.5, 0.6) is 0 Å². The topological polar surface area (TPSA) is 75.4 Å². The Bertz CT molecular complexity index is 579. The lowest BCUT2D eigenvalue weighted by Gasteiger charge is -2.23. The summed E-state index contributed by atoms with van der Waals surface area (Å²) in [7, 11) is 0. The molecule has 0 radical (unpaired) electrons. The summed E-state index contributed by atoms with van der Waals surface area (Å²) in [6.45, 7) is 6.06. The monoisotopic (exact) mass is 349 g/mol. The molecule has 1 heterocycles. The third kappa shape index (κ3) is 5.74. The number of para-hydroxylation sites is 1. The second-order valence-electron chi connectivity index (χ2n) is 6.67. The molecule has 2 rings (SSSR count). The third-order valence-corrected chi connectivity index (χ3v) is 5.33. The van der Waals surface area contributed by atoms with E-state index in [4.69, 9.17) is 5.73 Å². The molecule has 1 aliphatic heterocycles. The van der Waals surface area contributed by atoms with Crippen molar-refractivity contribution in [1.29, 1.82) is 0 Å². The molecule has 1 aliphatic rings. The van der Waals surface area contributed by atoms with Crippen molar-refractivity contribution in [2.75, 3.05) is 24.2 Å². The van der Waals surface area contributed by atoms with E-state index in [1.54, 1.807) is 0 Å². The fourth-order valence-corrected chi connectivity index (χ4v) is 4.03. The number of rotatable bonds is 5. The zero-order valence-corrected chi connectivity index (χ0v) is 15.3. The molecule has 1 aromatic carbocycles. The summed E-state index contributed by atoms with van der Waals surface area (Å²) >= 11 is 1.53. The first-order chi connectivity index (χ1) is 11.5. The summed E-state index contributed by atoms with van der Waals surface area (Å²) < 4.78 is 0. The van der Waals surface area contributed by atoms with Crippen LogP contribution in [0.3, 0.4) is 0 Å². The maximum atomic E-state index is 12.6. The summed E-state index contributed by atoms with van der Waals surface area (Å²) in [5, 5.41) is 3.03. The number of carbonyl (C=O) groups excluding carboxylic acids is 2. The molecular weight excluding hydrogens is 322 g/mol. The largest absolute Gasteiger partial charge is 0.370 e. The van der Waals surface area contributed by atoms with Gasteiger partial charge >= 0.3 is 6.03 Å². The number of benzene rings is 1. The molecule has 24 heavy (non-hydrogen) atoms. The van der Waals surface area contributed by atoms with Gasteiger partial charge in [0, 0.05) is 30.2 Å². The van der Waals surface area contributed by atoms with Crippen LogP contribution in [0.25, 0.3) is 0 Å². The van der Waals surface area contributed by atoms with Crippen LogP contribution in [-0.2, 0) is 4.79 Å². The first-order valence-electron chi connectivity index (χ1n) is 8.51. The highest BCUT2D eigenvalue weighted by Gasteiger charge is 2.23. The van der Waals surface area contributed by atoms with Gasteiger partial charge in [0.1, 0.15) is 0 Å². The maximum Gasteiger partial charge on any atom is 0.321 e. The molecular formula is C18H27N3O2S. The quantitative estimate of drug-likeness (QED) is 0.798. The summed E-state index contributed by atoms with van der Waals surface area (Å²) in [5.74, 6) is 1.49. The minimum atomic E-state index is -0.309. The van der Waals surface area contributed by atoms with Crippen molar-refractivity contribution in [2.45, 2.75) is 38.0 Å². The minimum Gasteiger partial charge on any atom is -0.370 e. The number of nitrogens with two attached hydrogens (primary N) is 1. The van der Waals surface area contributed by atoms with Crippen molar-refractivity contribution in [2.24, 2.45) is 17.6 Å². The van der Waals surface area contributed by atoms with E-state index in [0.29, 0.717) is 24.0 Å². The van der Waals surface area contributed by atoms with Gasteiger partial charge in [0.25, 0.3) is 0 Å². The molecule has 0 saturated carbocycles. The number of hydrogen-bond acceptors (Lipinski definition) is 3. The van der Waals surface area contributed by atoms with Gasteiger partial charge in [-0.15, -0.1) is 11.8 Å². The lowest BCUT2D eigenvalue weighted by molar-refractivity contribution is -0.117. The number of anilines is 1. The summed E-state index contributed by atoms with van der Waals surface area (Å²) in [6.07, 6.45) is 2.55. The third-order valence-electron chi connectivity index (χ3n) is 4.25. The highest BCUT2D eigenvalue weighted by Crippen LogP contribution is 2.28. The van der Waals surface area contributed by atoms with E-state index in [9.17, 15) is 9.59 Å². The normalized spacial score (nSPS) is 21.2. The molecule has 5 nitrogen and oxygen atoms in total. The van der Waals surface area contributed by atoms with Crippen LogP contribution in [0.2, 0.25) is 0 Å². The van der Waals surface area contributed by atoms with E-state index >= 15 is 0 Å². The van der Waals surface area contributed by atoms with Gasteiger partial charge in [-0.05, 0) is 36.8 Å². The Morgan fingerprint density at radius 2 is 2.04 bits per heavy atom. The van der Waals surface area contributed by atoms with Gasteiger partial charge in [-0.2, -0.15) is 0 Å². The zero-order chi connectivity index (χ0) is 17.5. The molecule has 3 amide bonds. The number of thioether (sulfide) groups is 1. The van der Waals surface area contributed by atoms with Gasteiger partial charge in [-0.3, -0.25) is 4.79 Å². The van der Waals surface area contributed by atoms with Crippen molar-refractivity contribution in [3.63, 3.8) is 0 Å². The van der Waals surface area contributed by atoms with Gasteiger partial charge < -0.3 is 16.0 Å². The number of carbonyl (C=O) groups is 2. The zero-order valence-electron chi connectivity index (χ0n) is 14.5. The van der Waals surface area contributed by atoms with E-state index < -0.39 is 0 Å². The summed E-state index contributed by atoms with van der Waals surface area (Å²) in [6, 6.07) is 7.64. The molecule has 0 unspecified atom stereocenters. The van der Waals surface area contributed by atoms with Gasteiger partial charge in [0.15, 0.2) is 0 Å². The van der Waals surface area contributed by atoms with Crippen LogP contribution in [0.15, 0.2) is 29.2 Å². The Morgan fingerprint density at radius 1 is 1.29 bits per heavy atom. The van der Waals surface area contributed by atoms with E-state index in [2.05, 4.69) is 19.2 Å². The Labute approximate surface area is 148 Å². The van der Waals surface area contributed by atoms with Crippen LogP contribution < -0.4 is 11.1 Å². The van der Waals surface area contributed by atoms with Crippen molar-refractivity contribution in [3.8, 4) is 0 Å². The summed E-state index contributed by atoms with van der Waals surface area (Å²) in [5.41, 5.74) is 5.98. The van der Waals surface area contributed by atoms with Crippen molar-refractivity contribution in [1.82, 2.24) is 4.90 Å². The number of amides is 3. The number of urea groups is 1. The Morgan fingerprint density at radius 3 is 2.79 bits per heavy atom. The lowest BCUT2D eigenvalue weighted by Crippen LogP contribution is -2.37. The van der Waals surface area contributed by atoms with Gasteiger partial charge in [-0.1, -0.05) is 26.0 Å². The molecule has 3 N–H and O–H groups in total. The molecule has 6 heteroatoms.